The van der Waals surface area contributed by atoms with Crippen LogP contribution in [0.4, 0.5) is 0 Å². The molecule has 1 rings (SSSR count). The van der Waals surface area contributed by atoms with Crippen LogP contribution in [0, 0.1) is 6.92 Å². The Bertz CT molecular complexity index is 377. The van der Waals surface area contributed by atoms with Crippen molar-refractivity contribution < 1.29 is 4.21 Å². The van der Waals surface area contributed by atoms with Crippen molar-refractivity contribution in [1.82, 2.24) is 0 Å². The van der Waals surface area contributed by atoms with Crippen LogP contribution in [0.15, 0.2) is 32.5 Å². The van der Waals surface area contributed by atoms with Crippen molar-refractivity contribution in [2.45, 2.75) is 11.8 Å². The maximum absolute atomic E-state index is 11.7. The van der Waals surface area contributed by atoms with Crippen LogP contribution in [0.25, 0.3) is 0 Å². The van der Waals surface area contributed by atoms with Crippen LogP contribution in [-0.4, -0.2) is 10.5 Å². The molecule has 12 heavy (non-hydrogen) atoms. The van der Waals surface area contributed by atoms with Crippen LogP contribution in [0.1, 0.15) is 5.56 Å². The van der Waals surface area contributed by atoms with Gasteiger partial charge in [-0.15, -0.1) is 0 Å². The lowest BCUT2D eigenvalue weighted by molar-refractivity contribution is 0.681. The highest BCUT2D eigenvalue weighted by atomic mass is 79.9. The van der Waals surface area contributed by atoms with Gasteiger partial charge in [0.25, 0.3) is 0 Å². The fourth-order valence-corrected chi connectivity index (χ4v) is 2.05. The Morgan fingerprint density at radius 2 is 1.83 bits per heavy atom. The molecule has 0 saturated heterocycles. The summed E-state index contributed by atoms with van der Waals surface area (Å²) in [7, 11) is -2.22. The molecular weight excluding hydrogens is 238 g/mol. The van der Waals surface area contributed by atoms with Crippen LogP contribution in [0.5, 0.6) is 0 Å². The molecule has 1 aromatic rings. The number of benzene rings is 1. The fourth-order valence-electron chi connectivity index (χ4n) is 0.831. The number of aryl methyl sites for hydroxylation is 1. The van der Waals surface area contributed by atoms with Crippen molar-refractivity contribution >= 4 is 25.9 Å². The van der Waals surface area contributed by atoms with Gasteiger partial charge in [-0.1, -0.05) is 17.7 Å². The minimum absolute atomic E-state index is 0.755. The van der Waals surface area contributed by atoms with Gasteiger partial charge in [0.15, 0.2) is 0 Å². The molecule has 0 aromatic heterocycles. The van der Waals surface area contributed by atoms with Crippen LogP contribution in [0.2, 0.25) is 0 Å². The normalized spacial score (nSPS) is 15.2. The van der Waals surface area contributed by atoms with Crippen molar-refractivity contribution in [3.8, 4) is 0 Å². The van der Waals surface area contributed by atoms with Gasteiger partial charge in [0.1, 0.15) is 0 Å². The van der Waals surface area contributed by atoms with Crippen LogP contribution in [0.3, 0.4) is 0 Å². The van der Waals surface area contributed by atoms with E-state index in [1.807, 2.05) is 31.2 Å². The number of hydrogen-bond acceptors (Lipinski definition) is 2. The zero-order valence-corrected chi connectivity index (χ0v) is 9.35. The summed E-state index contributed by atoms with van der Waals surface area (Å²) in [6.07, 6.45) is 1.60. The Hall–Kier alpha value is -0.350. The third kappa shape index (κ3) is 2.08. The predicted molar refractivity (Wildman–Crippen MR) is 54.9 cm³/mol. The molecule has 0 bridgehead atoms. The van der Waals surface area contributed by atoms with Gasteiger partial charge in [-0.3, -0.25) is 0 Å². The van der Waals surface area contributed by atoms with E-state index in [0.29, 0.717) is 0 Å². The molecule has 0 amide bonds. The molecule has 0 aliphatic heterocycles. The molecule has 0 unspecified atom stereocenters. The van der Waals surface area contributed by atoms with Crippen molar-refractivity contribution in [3.63, 3.8) is 0 Å². The SMILES string of the molecule is Cc1ccc([S@@](C)(=O)=NBr)cc1. The standard InChI is InChI=1S/C8H10BrNOS/c1-7-3-5-8(6-4-7)12(2,11)10-9/h3-6H,1-2H3/t12-/m1/s1. The summed E-state index contributed by atoms with van der Waals surface area (Å²) in [6.45, 7) is 1.99. The van der Waals surface area contributed by atoms with Crippen molar-refractivity contribution in [2.75, 3.05) is 6.26 Å². The average Bonchev–Trinajstić information content (AvgIpc) is 2.05. The third-order valence-corrected chi connectivity index (χ3v) is 4.66. The molecule has 0 spiro atoms. The Morgan fingerprint density at radius 1 is 1.33 bits per heavy atom. The van der Waals surface area contributed by atoms with Crippen molar-refractivity contribution in [3.05, 3.63) is 29.8 Å². The number of nitrogens with zero attached hydrogens (tertiary/aromatic N) is 1. The maximum Gasteiger partial charge on any atom is 0.0853 e. The van der Waals surface area contributed by atoms with E-state index in [-0.39, 0.29) is 0 Å². The Kier molecular flexibility index (Phi) is 2.90. The van der Waals surface area contributed by atoms with Gasteiger partial charge in [0.2, 0.25) is 0 Å². The lowest BCUT2D eigenvalue weighted by atomic mass is 10.2. The largest absolute Gasteiger partial charge is 0.244 e. The molecule has 1 aromatic carbocycles. The van der Waals surface area contributed by atoms with Gasteiger partial charge in [-0.25, -0.2) is 4.21 Å². The first-order valence-corrected chi connectivity index (χ1v) is 6.08. The predicted octanol–water partition coefficient (Wildman–Crippen LogP) is 2.76. The Labute approximate surface area is 81.5 Å². The summed E-state index contributed by atoms with van der Waals surface area (Å²) in [5.74, 6) is 0. The number of hydrogen-bond donors (Lipinski definition) is 0. The average molecular weight is 248 g/mol. The van der Waals surface area contributed by atoms with Gasteiger partial charge in [0.05, 0.1) is 25.9 Å². The van der Waals surface area contributed by atoms with Gasteiger partial charge in [0, 0.05) is 11.2 Å². The first-order valence-electron chi connectivity index (χ1n) is 3.45. The van der Waals surface area contributed by atoms with Crippen LogP contribution >= 0.6 is 16.1 Å². The van der Waals surface area contributed by atoms with Crippen LogP contribution < -0.4 is 0 Å². The van der Waals surface area contributed by atoms with Crippen molar-refractivity contribution in [1.29, 1.82) is 0 Å². The molecule has 0 N–H and O–H groups in total. The summed E-state index contributed by atoms with van der Waals surface area (Å²) in [4.78, 5) is 0.755. The summed E-state index contributed by atoms with van der Waals surface area (Å²) in [5, 5.41) is 0. The molecule has 66 valence electrons. The second-order valence-electron chi connectivity index (χ2n) is 2.68. The molecule has 0 fully saturated rings. The molecule has 0 aliphatic rings. The van der Waals surface area contributed by atoms with Gasteiger partial charge in [-0.2, -0.15) is 3.39 Å². The van der Waals surface area contributed by atoms with E-state index in [1.165, 1.54) is 0 Å². The highest BCUT2D eigenvalue weighted by Gasteiger charge is 2.03. The summed E-state index contributed by atoms with van der Waals surface area (Å²) in [5.41, 5.74) is 1.16. The quantitative estimate of drug-likeness (QED) is 0.751. The molecule has 0 saturated carbocycles. The molecule has 0 aliphatic carbocycles. The van der Waals surface area contributed by atoms with Gasteiger partial charge in [-0.05, 0) is 19.1 Å². The molecular formula is C8H10BrNOS. The van der Waals surface area contributed by atoms with E-state index in [9.17, 15) is 4.21 Å². The first kappa shape index (κ1) is 9.74. The van der Waals surface area contributed by atoms with Gasteiger partial charge >= 0.3 is 0 Å². The zero-order valence-electron chi connectivity index (χ0n) is 6.95. The van der Waals surface area contributed by atoms with Crippen molar-refractivity contribution in [2.24, 2.45) is 3.39 Å². The second kappa shape index (κ2) is 3.58. The number of rotatable bonds is 1. The minimum atomic E-state index is -2.22. The lowest BCUT2D eigenvalue weighted by Crippen LogP contribution is -1.94. The van der Waals surface area contributed by atoms with E-state index >= 15 is 0 Å². The second-order valence-corrected chi connectivity index (χ2v) is 5.77. The summed E-state index contributed by atoms with van der Waals surface area (Å²) >= 11 is 2.88. The smallest absolute Gasteiger partial charge is 0.0853 e. The third-order valence-electron chi connectivity index (χ3n) is 1.59. The fraction of sp³-hybridized carbons (Fsp3) is 0.250. The monoisotopic (exact) mass is 247 g/mol. The van der Waals surface area contributed by atoms with E-state index < -0.39 is 9.73 Å². The number of halogens is 1. The van der Waals surface area contributed by atoms with E-state index in [0.717, 1.165) is 10.5 Å². The minimum Gasteiger partial charge on any atom is -0.244 e. The Morgan fingerprint density at radius 3 is 2.25 bits per heavy atom. The van der Waals surface area contributed by atoms with E-state index in [1.54, 1.807) is 6.26 Å². The molecule has 4 heteroatoms. The summed E-state index contributed by atoms with van der Waals surface area (Å²) < 4.78 is 15.3. The molecule has 2 nitrogen and oxygen atoms in total. The first-order chi connectivity index (χ1) is 5.56. The Balaban J connectivity index is 3.24. The lowest BCUT2D eigenvalue weighted by Gasteiger charge is -2.01. The maximum atomic E-state index is 11.7. The summed E-state index contributed by atoms with van der Waals surface area (Å²) in [6, 6.07) is 7.53. The molecule has 0 radical (unpaired) electrons. The highest BCUT2D eigenvalue weighted by Crippen LogP contribution is 2.13. The van der Waals surface area contributed by atoms with Crippen LogP contribution in [-0.2, 0) is 9.73 Å². The van der Waals surface area contributed by atoms with Gasteiger partial charge < -0.3 is 0 Å². The topological polar surface area (TPSA) is 29.4 Å². The zero-order chi connectivity index (χ0) is 9.19. The molecule has 0 heterocycles. The van der Waals surface area contributed by atoms with E-state index in [4.69, 9.17) is 0 Å². The van der Waals surface area contributed by atoms with E-state index in [2.05, 4.69) is 19.5 Å². The molecule has 1 atom stereocenters. The highest BCUT2D eigenvalue weighted by molar-refractivity contribution is 9.09.